The molecule has 92 heavy (non-hydrogen) atoms. The highest BCUT2D eigenvalue weighted by Crippen LogP contribution is 2.36. The van der Waals surface area contributed by atoms with Gasteiger partial charge in [0.2, 0.25) is 0 Å². The van der Waals surface area contributed by atoms with Crippen LogP contribution in [0.1, 0.15) is 314 Å². The summed E-state index contributed by atoms with van der Waals surface area (Å²) in [5, 5.41) is 0. The van der Waals surface area contributed by atoms with Gasteiger partial charge < -0.3 is 9.15 Å². The normalized spacial score (nSPS) is 13.3. The molecule has 3 saturated carbocycles. The van der Waals surface area contributed by atoms with Gasteiger partial charge in [0.25, 0.3) is 0 Å². The molecule has 0 unspecified atom stereocenters. The number of nitrogens with zero attached hydrogens (tertiary/aromatic N) is 2. The molecule has 0 N–H and O–H groups in total. The maximum absolute atomic E-state index is 9.50. The Bertz CT molecular complexity index is 1990. The number of morpholine rings is 1. The number of rotatable bonds is 10. The molecule has 4 fully saturated rings. The molecule has 4 aliphatic rings. The number of alkyl halides is 1. The van der Waals surface area contributed by atoms with Crippen molar-refractivity contribution in [2.45, 2.75) is 287 Å². The van der Waals surface area contributed by atoms with Gasteiger partial charge in [0.05, 0.1) is 26.7 Å². The quantitative estimate of drug-likeness (QED) is 0.137. The summed E-state index contributed by atoms with van der Waals surface area (Å²) in [6.07, 6.45) is 15.5. The number of pyridine rings is 1. The van der Waals surface area contributed by atoms with Crippen LogP contribution in [0.25, 0.3) is 0 Å². The van der Waals surface area contributed by atoms with Crippen LogP contribution in [0, 0.1) is 35.5 Å². The van der Waals surface area contributed by atoms with Crippen molar-refractivity contribution >= 4 is 0 Å². The highest BCUT2D eigenvalue weighted by atomic mass is 19.1. The van der Waals surface area contributed by atoms with E-state index in [-0.39, 0.29) is 0 Å². The van der Waals surface area contributed by atoms with Crippen molar-refractivity contribution in [1.82, 2.24) is 9.88 Å². The molecule has 0 amide bonds. The summed E-state index contributed by atoms with van der Waals surface area (Å²) in [6, 6.07) is 52.7. The van der Waals surface area contributed by atoms with E-state index in [4.69, 9.17) is 9.15 Å². The lowest BCUT2D eigenvalue weighted by Crippen LogP contribution is -2.40. The van der Waals surface area contributed by atoms with E-state index in [1.165, 1.54) is 73.6 Å². The van der Waals surface area contributed by atoms with Gasteiger partial charge in [0.1, 0.15) is 5.76 Å². The van der Waals surface area contributed by atoms with Gasteiger partial charge in [-0.05, 0) is 138 Å². The van der Waals surface area contributed by atoms with E-state index in [0.717, 1.165) is 73.3 Å². The summed E-state index contributed by atoms with van der Waals surface area (Å²) in [5.74, 6) is 10.9. The Morgan fingerprint density at radius 2 is 0.641 bits per heavy atom. The van der Waals surface area contributed by atoms with Gasteiger partial charge in [-0.15, -0.1) is 0 Å². The number of hydrogen-bond donors (Lipinski definition) is 0. The number of hydrogen-bond acceptors (Lipinski definition) is 4. The van der Waals surface area contributed by atoms with Gasteiger partial charge in [0.15, 0.2) is 0 Å². The van der Waals surface area contributed by atoms with Crippen molar-refractivity contribution in [1.29, 1.82) is 0 Å². The van der Waals surface area contributed by atoms with Crippen molar-refractivity contribution in [3.8, 4) is 0 Å². The SMILES string of the molecule is CC.CC.CC.CC.CC(C)C1CC1.CC(C)C1CCC1.CC(C)C1CCC1.CC(C)N1CCOCC1.CC(C)c1ccccc1.CC(C)c1ccccc1.CC(C)c1ccccc1.CC(C)c1ccccc1.CC(C)c1ccccn1.CC(C)c1ccco1.CF. The molecule has 0 spiro atoms. The van der Waals surface area contributed by atoms with Crippen molar-refractivity contribution in [2.75, 3.05) is 33.5 Å². The minimum atomic E-state index is 0.500. The van der Waals surface area contributed by atoms with Crippen LogP contribution < -0.4 is 0 Å². The molecule has 5 heteroatoms. The molecule has 6 aromatic rings. The van der Waals surface area contributed by atoms with Crippen LogP contribution in [0.5, 0.6) is 0 Å². The Labute approximate surface area is 574 Å². The number of benzene rings is 4. The van der Waals surface area contributed by atoms with Gasteiger partial charge in [-0.1, -0.05) is 346 Å². The summed E-state index contributed by atoms with van der Waals surface area (Å²) >= 11 is 0. The van der Waals surface area contributed by atoms with E-state index in [2.05, 4.69) is 245 Å². The molecule has 4 nitrogen and oxygen atoms in total. The predicted molar refractivity (Wildman–Crippen MR) is 415 cm³/mol. The first-order valence-electron chi connectivity index (χ1n) is 36.9. The lowest BCUT2D eigenvalue weighted by Gasteiger charge is -2.29. The van der Waals surface area contributed by atoms with Crippen LogP contribution in [0.4, 0.5) is 4.39 Å². The molecule has 2 aromatic heterocycles. The first-order valence-corrected chi connectivity index (χ1v) is 36.9. The van der Waals surface area contributed by atoms with Crippen LogP contribution in [0.2, 0.25) is 0 Å². The molecule has 0 bridgehead atoms. The van der Waals surface area contributed by atoms with Crippen molar-refractivity contribution in [2.24, 2.45) is 35.5 Å². The van der Waals surface area contributed by atoms with Crippen LogP contribution in [-0.4, -0.2) is 49.4 Å². The Morgan fingerprint density at radius 1 is 0.348 bits per heavy atom. The second kappa shape index (κ2) is 66.2. The van der Waals surface area contributed by atoms with E-state index in [9.17, 15) is 4.39 Å². The van der Waals surface area contributed by atoms with E-state index in [0.29, 0.717) is 48.7 Å². The van der Waals surface area contributed by atoms with Crippen molar-refractivity contribution in [3.63, 3.8) is 0 Å². The third-order valence-corrected chi connectivity index (χ3v) is 15.8. The third-order valence-electron chi connectivity index (χ3n) is 15.8. The minimum absolute atomic E-state index is 0.500. The molecular weight excluding hydrogens is 1120 g/mol. The Balaban J connectivity index is -0.000000300. The zero-order valence-electron chi connectivity index (χ0n) is 65.7. The Hall–Kier alpha value is -4.84. The molecular formula is C87H151FN2O2. The monoisotopic (exact) mass is 1280 g/mol. The van der Waals surface area contributed by atoms with E-state index < -0.39 is 0 Å². The molecule has 1 saturated heterocycles. The second-order valence-corrected chi connectivity index (χ2v) is 26.0. The van der Waals surface area contributed by atoms with Crippen LogP contribution in [0.3, 0.4) is 0 Å². The molecule has 3 aliphatic carbocycles. The number of aromatic nitrogens is 1. The zero-order chi connectivity index (χ0) is 71.2. The molecule has 1 aliphatic heterocycles. The largest absolute Gasteiger partial charge is 0.469 e. The molecule has 10 rings (SSSR count). The smallest absolute Gasteiger partial charge is 0.106 e. The first kappa shape index (κ1) is 95.9. The molecule has 3 heterocycles. The van der Waals surface area contributed by atoms with Gasteiger partial charge in [-0.3, -0.25) is 14.3 Å². The average Bonchev–Trinajstić information content (AvgIpc) is 4.38. The lowest BCUT2D eigenvalue weighted by atomic mass is 9.78. The maximum Gasteiger partial charge on any atom is 0.106 e. The number of halogens is 1. The number of ether oxygens (including phenoxy) is 1. The predicted octanol–water partition coefficient (Wildman–Crippen LogP) is 28.2. The summed E-state index contributed by atoms with van der Waals surface area (Å²) in [6.45, 7) is 64.5. The van der Waals surface area contributed by atoms with E-state index in [1.54, 1.807) is 6.26 Å². The van der Waals surface area contributed by atoms with Crippen molar-refractivity contribution in [3.05, 3.63) is 198 Å². The summed E-state index contributed by atoms with van der Waals surface area (Å²) in [5.41, 5.74) is 6.82. The standard InChI is InChI=1S/4C9H12.C8H11N.C7H15NO.C7H10O.2C7H14.C6H12.4C2H6.CH3F/c4*1-8(2)9-6-4-3-5-7-9;1-7(2)8-5-3-4-6-9-8;1-7(2)8-3-5-9-6-4-8;1-6(2)7-4-3-5-8-7;2*1-6(2)7-4-3-5-7;1-5(2)6-3-4-6;5*1-2/h4*3-8H,1-2H3;3-7H,1-2H3;7H,3-6H2,1-2H3;3-6H,1-2H3;2*6-7H,3-5H2,1-2H3;5-6H,3-4H2,1-2H3;4*1-2H3;1H3. The summed E-state index contributed by atoms with van der Waals surface area (Å²) in [4.78, 5) is 6.61. The van der Waals surface area contributed by atoms with Crippen LogP contribution >= 0.6 is 0 Å². The number of furan rings is 1. The fraction of sp³-hybridized carbons (Fsp3) is 0.621. The van der Waals surface area contributed by atoms with Crippen LogP contribution in [0.15, 0.2) is 169 Å². The molecule has 528 valence electrons. The Morgan fingerprint density at radius 3 is 0.761 bits per heavy atom. The molecule has 4 aromatic carbocycles. The van der Waals surface area contributed by atoms with Crippen molar-refractivity contribution < 1.29 is 13.5 Å². The fourth-order valence-corrected chi connectivity index (χ4v) is 8.76. The summed E-state index contributed by atoms with van der Waals surface area (Å²) < 4.78 is 19.8. The first-order chi connectivity index (χ1) is 44.0. The van der Waals surface area contributed by atoms with Crippen LogP contribution in [-0.2, 0) is 4.74 Å². The molecule has 0 atom stereocenters. The second-order valence-electron chi connectivity index (χ2n) is 26.0. The maximum atomic E-state index is 9.50. The van der Waals surface area contributed by atoms with Gasteiger partial charge in [-0.25, -0.2) is 0 Å². The summed E-state index contributed by atoms with van der Waals surface area (Å²) in [7, 11) is 0.500. The van der Waals surface area contributed by atoms with Gasteiger partial charge in [0, 0.05) is 36.9 Å². The minimum Gasteiger partial charge on any atom is -0.469 e. The van der Waals surface area contributed by atoms with Gasteiger partial charge in [-0.2, -0.15) is 0 Å². The average molecular weight is 1280 g/mol. The highest BCUT2D eigenvalue weighted by molar-refractivity contribution is 5.20. The molecule has 0 radical (unpaired) electrons. The fourth-order valence-electron chi connectivity index (χ4n) is 8.76. The zero-order valence-corrected chi connectivity index (χ0v) is 65.7. The lowest BCUT2D eigenvalue weighted by molar-refractivity contribution is 0.0238. The van der Waals surface area contributed by atoms with Gasteiger partial charge >= 0.3 is 0 Å². The topological polar surface area (TPSA) is 38.5 Å². The highest BCUT2D eigenvalue weighted by Gasteiger charge is 2.24. The van der Waals surface area contributed by atoms with E-state index in [1.807, 2.05) is 116 Å². The Kier molecular flexibility index (Phi) is 69.0. The van der Waals surface area contributed by atoms with E-state index >= 15 is 0 Å². The third kappa shape index (κ3) is 54.5.